The zero-order valence-electron chi connectivity index (χ0n) is 25.8. The first-order valence-corrected chi connectivity index (χ1v) is 15.2. The number of nitrogens with one attached hydrogen (secondary N) is 1. The number of benzene rings is 1. The summed E-state index contributed by atoms with van der Waals surface area (Å²) in [4.78, 5) is 18.4. The van der Waals surface area contributed by atoms with Crippen LogP contribution in [0.3, 0.4) is 0 Å². The normalized spacial score (nSPS) is 15.7. The maximum Gasteiger partial charge on any atom is 0.164 e. The second-order valence-corrected chi connectivity index (χ2v) is 10.1. The molecule has 2 heterocycles. The van der Waals surface area contributed by atoms with Crippen LogP contribution >= 0.6 is 0 Å². The first-order valence-electron chi connectivity index (χ1n) is 15.2. The first kappa shape index (κ1) is 32.2. The van der Waals surface area contributed by atoms with E-state index in [0.29, 0.717) is 6.42 Å². The number of H-pyrrole nitrogens is 1. The summed E-state index contributed by atoms with van der Waals surface area (Å²) in [5.41, 5.74) is 7.53. The van der Waals surface area contributed by atoms with Crippen molar-refractivity contribution in [3.63, 3.8) is 0 Å². The van der Waals surface area contributed by atoms with Gasteiger partial charge in [-0.1, -0.05) is 84.6 Å². The van der Waals surface area contributed by atoms with Gasteiger partial charge < -0.3 is 14.6 Å². The van der Waals surface area contributed by atoms with Gasteiger partial charge in [-0.3, -0.25) is 4.79 Å². The Hall–Kier alpha value is -3.01. The van der Waals surface area contributed by atoms with Gasteiger partial charge in [0.25, 0.3) is 0 Å². The Bertz CT molecular complexity index is 1180. The minimum absolute atomic E-state index is 0.163. The molecule has 0 fully saturated rings. The molecule has 4 rings (SSSR count). The minimum Gasteiger partial charge on any atom is -0.497 e. The van der Waals surface area contributed by atoms with Gasteiger partial charge in [0.15, 0.2) is 5.78 Å². The van der Waals surface area contributed by atoms with Gasteiger partial charge in [0.2, 0.25) is 0 Å². The fourth-order valence-corrected chi connectivity index (χ4v) is 5.12. The second-order valence-electron chi connectivity index (χ2n) is 10.1. The van der Waals surface area contributed by atoms with Crippen LogP contribution in [0, 0.1) is 6.92 Å². The molecule has 1 N–H and O–H groups in total. The molecule has 2 aliphatic rings. The zero-order chi connectivity index (χ0) is 28.8. The lowest BCUT2D eigenvalue weighted by Crippen LogP contribution is -2.27. The Morgan fingerprint density at radius 2 is 1.79 bits per heavy atom. The Kier molecular flexibility index (Phi) is 13.9. The Morgan fingerprint density at radius 3 is 2.44 bits per heavy atom. The van der Waals surface area contributed by atoms with Gasteiger partial charge in [-0.05, 0) is 68.0 Å². The molecule has 0 radical (unpaired) electrons. The highest BCUT2D eigenvalue weighted by Crippen LogP contribution is 2.33. The number of hydrogen-bond donors (Lipinski definition) is 1. The molecule has 0 saturated carbocycles. The van der Waals surface area contributed by atoms with Crippen LogP contribution in [0.25, 0.3) is 10.9 Å². The van der Waals surface area contributed by atoms with E-state index in [1.165, 1.54) is 40.6 Å². The molecule has 4 heteroatoms. The average molecular weight is 533 g/mol. The summed E-state index contributed by atoms with van der Waals surface area (Å²) in [6.07, 6.45) is 18.6. The highest BCUT2D eigenvalue weighted by atomic mass is 16.5. The molecular formula is C35H52N2O2. The van der Waals surface area contributed by atoms with Crippen molar-refractivity contribution in [3.8, 4) is 0 Å². The van der Waals surface area contributed by atoms with Gasteiger partial charge in [0, 0.05) is 41.3 Å². The summed E-state index contributed by atoms with van der Waals surface area (Å²) in [5, 5.41) is 1.42. The minimum atomic E-state index is 0.163. The number of ether oxygens (including phenoxy) is 1. The molecule has 1 atom stereocenters. The van der Waals surface area contributed by atoms with Crippen molar-refractivity contribution in [2.45, 2.75) is 106 Å². The summed E-state index contributed by atoms with van der Waals surface area (Å²) in [6.45, 7) is 15.9. The number of rotatable bonds is 11. The molecule has 214 valence electrons. The SMILES string of the molecule is CC.CCCCC(=O)C1=CN(CCCC)C2C=CC=C(OC)C=C12.CCCc1c(CC)[nH]c2ccc(C)cc12. The molecule has 2 aromatic rings. The van der Waals surface area contributed by atoms with Crippen molar-refractivity contribution in [2.75, 3.05) is 13.7 Å². The number of unbranched alkanes of at least 4 members (excludes halogenated alkanes) is 2. The van der Waals surface area contributed by atoms with E-state index in [9.17, 15) is 4.79 Å². The third kappa shape index (κ3) is 8.49. The monoisotopic (exact) mass is 532 g/mol. The summed E-state index contributed by atoms with van der Waals surface area (Å²) in [6, 6.07) is 6.84. The van der Waals surface area contributed by atoms with Gasteiger partial charge in [0.1, 0.15) is 5.76 Å². The maximum absolute atomic E-state index is 12.6. The highest BCUT2D eigenvalue weighted by molar-refractivity contribution is 6.00. The lowest BCUT2D eigenvalue weighted by molar-refractivity contribution is -0.115. The molecular weight excluding hydrogens is 480 g/mol. The molecule has 1 aromatic heterocycles. The molecule has 0 bridgehead atoms. The van der Waals surface area contributed by atoms with Crippen molar-refractivity contribution in [2.24, 2.45) is 0 Å². The lowest BCUT2D eigenvalue weighted by atomic mass is 9.96. The van der Waals surface area contributed by atoms with Crippen molar-refractivity contribution >= 4 is 16.7 Å². The number of ketones is 1. The Labute approximate surface area is 237 Å². The van der Waals surface area contributed by atoms with Gasteiger partial charge in [-0.25, -0.2) is 0 Å². The number of carbonyl (C=O) groups is 1. The number of nitrogens with zero attached hydrogens (tertiary/aromatic N) is 1. The number of Topliss-reactive ketones (excluding diaryl/α,β-unsaturated/α-hetero) is 1. The van der Waals surface area contributed by atoms with Crippen LogP contribution in [0.1, 0.15) is 96.9 Å². The fourth-order valence-electron chi connectivity index (χ4n) is 5.12. The predicted octanol–water partition coefficient (Wildman–Crippen LogP) is 9.16. The Balaban J connectivity index is 0.000000273. The summed E-state index contributed by atoms with van der Waals surface area (Å²) < 4.78 is 5.38. The van der Waals surface area contributed by atoms with Crippen molar-refractivity contribution in [1.82, 2.24) is 9.88 Å². The molecule has 1 aliphatic heterocycles. The maximum atomic E-state index is 12.6. The van der Waals surface area contributed by atoms with E-state index in [4.69, 9.17) is 4.74 Å². The number of methoxy groups -OCH3 is 1. The quantitative estimate of drug-likeness (QED) is 0.314. The third-order valence-electron chi connectivity index (χ3n) is 7.20. The van der Waals surface area contributed by atoms with Crippen molar-refractivity contribution in [1.29, 1.82) is 0 Å². The second kappa shape index (κ2) is 16.8. The molecule has 1 unspecified atom stereocenters. The van der Waals surface area contributed by atoms with Gasteiger partial charge >= 0.3 is 0 Å². The van der Waals surface area contributed by atoms with E-state index < -0.39 is 0 Å². The van der Waals surface area contributed by atoms with Crippen LogP contribution in [0.4, 0.5) is 0 Å². The third-order valence-corrected chi connectivity index (χ3v) is 7.20. The van der Waals surface area contributed by atoms with Crippen LogP contribution in [0.15, 0.2) is 65.6 Å². The molecule has 4 nitrogen and oxygen atoms in total. The van der Waals surface area contributed by atoms with E-state index >= 15 is 0 Å². The van der Waals surface area contributed by atoms with Crippen LogP contribution in [-0.2, 0) is 22.4 Å². The van der Waals surface area contributed by atoms with Gasteiger partial charge in [-0.2, -0.15) is 0 Å². The number of carbonyl (C=O) groups excluding carboxylic acids is 1. The average Bonchev–Trinajstić information content (AvgIpc) is 3.39. The molecule has 1 aliphatic carbocycles. The van der Waals surface area contributed by atoms with Crippen LogP contribution in [0.5, 0.6) is 0 Å². The zero-order valence-corrected chi connectivity index (χ0v) is 25.8. The number of hydrogen-bond acceptors (Lipinski definition) is 3. The molecule has 0 amide bonds. The summed E-state index contributed by atoms with van der Waals surface area (Å²) in [5.74, 6) is 1.06. The van der Waals surface area contributed by atoms with E-state index in [1.54, 1.807) is 7.11 Å². The number of aryl methyl sites for hydroxylation is 3. The van der Waals surface area contributed by atoms with E-state index in [2.05, 4.69) is 75.0 Å². The standard InChI is InChI=1S/C19H27NO2.C14H19N.C2H6/c1-4-6-11-19(21)17-14-20(12-7-5-2)18-10-8-9-15(22-3)13-16(17)18;1-4-6-11-12-9-10(3)7-8-14(12)15-13(11)5-2;1-2/h8-10,13-14,18H,4-7,11-12H2,1-3H3;7-9,15H,4-6H2,1-3H3;1-2H3. The number of fused-ring (bicyclic) bond motifs is 2. The molecule has 0 saturated heterocycles. The molecule has 39 heavy (non-hydrogen) atoms. The first-order chi connectivity index (χ1) is 19.0. The van der Waals surface area contributed by atoms with Crippen LogP contribution in [0.2, 0.25) is 0 Å². The van der Waals surface area contributed by atoms with E-state index in [1.807, 2.05) is 32.1 Å². The van der Waals surface area contributed by atoms with Crippen LogP contribution in [-0.4, -0.2) is 35.4 Å². The van der Waals surface area contributed by atoms with Gasteiger partial charge in [-0.15, -0.1) is 0 Å². The number of aromatic amines is 1. The summed E-state index contributed by atoms with van der Waals surface area (Å²) >= 11 is 0. The fraction of sp³-hybridized carbons (Fsp3) is 0.514. The topological polar surface area (TPSA) is 45.3 Å². The lowest BCUT2D eigenvalue weighted by Gasteiger charge is -2.23. The van der Waals surface area contributed by atoms with E-state index in [0.717, 1.165) is 55.6 Å². The summed E-state index contributed by atoms with van der Waals surface area (Å²) in [7, 11) is 1.67. The van der Waals surface area contributed by atoms with Crippen molar-refractivity contribution < 1.29 is 9.53 Å². The molecule has 1 aromatic carbocycles. The predicted molar refractivity (Wildman–Crippen MR) is 168 cm³/mol. The number of allylic oxidation sites excluding steroid dienone is 3. The van der Waals surface area contributed by atoms with Gasteiger partial charge in [0.05, 0.1) is 13.2 Å². The van der Waals surface area contributed by atoms with E-state index in [-0.39, 0.29) is 11.8 Å². The van der Waals surface area contributed by atoms with Crippen molar-refractivity contribution in [3.05, 3.63) is 82.4 Å². The number of aromatic nitrogens is 1. The largest absolute Gasteiger partial charge is 0.497 e. The highest BCUT2D eigenvalue weighted by Gasteiger charge is 2.31. The smallest absolute Gasteiger partial charge is 0.164 e. The Morgan fingerprint density at radius 1 is 1.05 bits per heavy atom. The van der Waals surface area contributed by atoms with Crippen LogP contribution < -0.4 is 0 Å². The molecule has 0 spiro atoms.